The van der Waals surface area contributed by atoms with Crippen LogP contribution in [-0.2, 0) is 16.0 Å². The SMILES string of the molecule is C=C(C)C(=O)OCCc1ccccc1C(=O)O. The average molecular weight is 234 g/mol. The van der Waals surface area contributed by atoms with Gasteiger partial charge >= 0.3 is 11.9 Å². The summed E-state index contributed by atoms with van der Waals surface area (Å²) in [5.41, 5.74) is 1.21. The molecule has 1 aromatic rings. The minimum atomic E-state index is -0.980. The molecular formula is C13H14O4. The largest absolute Gasteiger partial charge is 0.478 e. The van der Waals surface area contributed by atoms with Crippen LogP contribution in [0.4, 0.5) is 0 Å². The van der Waals surface area contributed by atoms with Crippen molar-refractivity contribution < 1.29 is 19.4 Å². The number of rotatable bonds is 5. The van der Waals surface area contributed by atoms with E-state index in [-0.39, 0.29) is 12.2 Å². The highest BCUT2D eigenvalue weighted by atomic mass is 16.5. The summed E-state index contributed by atoms with van der Waals surface area (Å²) in [6.45, 7) is 5.17. The molecule has 0 aromatic heterocycles. The van der Waals surface area contributed by atoms with E-state index in [0.29, 0.717) is 17.6 Å². The summed E-state index contributed by atoms with van der Waals surface area (Å²) in [5, 5.41) is 8.94. The number of hydrogen-bond acceptors (Lipinski definition) is 3. The molecular weight excluding hydrogens is 220 g/mol. The summed E-state index contributed by atoms with van der Waals surface area (Å²) in [5.74, 6) is -1.44. The van der Waals surface area contributed by atoms with Crippen LogP contribution in [0, 0.1) is 0 Å². The molecule has 0 aliphatic rings. The van der Waals surface area contributed by atoms with E-state index < -0.39 is 11.9 Å². The van der Waals surface area contributed by atoms with Crippen LogP contribution in [0.5, 0.6) is 0 Å². The van der Waals surface area contributed by atoms with Crippen LogP contribution in [0.2, 0.25) is 0 Å². The molecule has 1 N–H and O–H groups in total. The van der Waals surface area contributed by atoms with Crippen molar-refractivity contribution in [2.45, 2.75) is 13.3 Å². The van der Waals surface area contributed by atoms with Gasteiger partial charge in [0.25, 0.3) is 0 Å². The van der Waals surface area contributed by atoms with Crippen LogP contribution in [0.1, 0.15) is 22.8 Å². The van der Waals surface area contributed by atoms with Gasteiger partial charge in [0.2, 0.25) is 0 Å². The van der Waals surface area contributed by atoms with Crippen LogP contribution in [0.15, 0.2) is 36.4 Å². The molecule has 0 heterocycles. The quantitative estimate of drug-likeness (QED) is 0.625. The second kappa shape index (κ2) is 5.84. The van der Waals surface area contributed by atoms with Gasteiger partial charge < -0.3 is 9.84 Å². The maximum atomic E-state index is 11.1. The highest BCUT2D eigenvalue weighted by Crippen LogP contribution is 2.09. The lowest BCUT2D eigenvalue weighted by molar-refractivity contribution is -0.138. The van der Waals surface area contributed by atoms with Crippen LogP contribution >= 0.6 is 0 Å². The standard InChI is InChI=1S/C13H14O4/c1-9(2)13(16)17-8-7-10-5-3-4-6-11(10)12(14)15/h3-6H,1,7-8H2,2H3,(H,14,15). The molecule has 17 heavy (non-hydrogen) atoms. The Labute approximate surface area is 99.5 Å². The molecule has 4 nitrogen and oxygen atoms in total. The first-order valence-corrected chi connectivity index (χ1v) is 5.16. The van der Waals surface area contributed by atoms with E-state index in [0.717, 1.165) is 0 Å². The normalized spacial score (nSPS) is 9.71. The Morgan fingerprint density at radius 1 is 1.35 bits per heavy atom. The molecule has 0 aliphatic heterocycles. The minimum Gasteiger partial charge on any atom is -0.478 e. The maximum Gasteiger partial charge on any atom is 0.335 e. The van der Waals surface area contributed by atoms with Gasteiger partial charge in [0.05, 0.1) is 12.2 Å². The van der Waals surface area contributed by atoms with Gasteiger partial charge in [-0.25, -0.2) is 9.59 Å². The van der Waals surface area contributed by atoms with E-state index in [9.17, 15) is 9.59 Å². The van der Waals surface area contributed by atoms with Crippen LogP contribution in [0.3, 0.4) is 0 Å². The van der Waals surface area contributed by atoms with Crippen molar-refractivity contribution in [3.05, 3.63) is 47.5 Å². The zero-order chi connectivity index (χ0) is 12.8. The molecule has 0 radical (unpaired) electrons. The molecule has 0 saturated heterocycles. The highest BCUT2D eigenvalue weighted by Gasteiger charge is 2.09. The van der Waals surface area contributed by atoms with Crippen LogP contribution in [-0.4, -0.2) is 23.7 Å². The molecule has 0 aliphatic carbocycles. The summed E-state index contributed by atoms with van der Waals surface area (Å²) in [4.78, 5) is 22.0. The average Bonchev–Trinajstić information content (AvgIpc) is 2.29. The molecule has 0 spiro atoms. The molecule has 0 unspecified atom stereocenters. The van der Waals surface area contributed by atoms with Gasteiger partial charge in [-0.3, -0.25) is 0 Å². The van der Waals surface area contributed by atoms with Gasteiger partial charge in [0.1, 0.15) is 0 Å². The molecule has 0 bridgehead atoms. The second-order valence-electron chi connectivity index (χ2n) is 3.63. The van der Waals surface area contributed by atoms with Gasteiger partial charge in [0, 0.05) is 12.0 Å². The molecule has 4 heteroatoms. The van der Waals surface area contributed by atoms with Gasteiger partial charge in [-0.15, -0.1) is 0 Å². The number of carboxylic acids is 1. The monoisotopic (exact) mass is 234 g/mol. The smallest absolute Gasteiger partial charge is 0.335 e. The van der Waals surface area contributed by atoms with E-state index in [1.165, 1.54) is 6.07 Å². The predicted octanol–water partition coefficient (Wildman–Crippen LogP) is 2.05. The van der Waals surface area contributed by atoms with E-state index in [2.05, 4.69) is 6.58 Å². The topological polar surface area (TPSA) is 63.6 Å². The Hall–Kier alpha value is -2.10. The summed E-state index contributed by atoms with van der Waals surface area (Å²) >= 11 is 0. The number of aromatic carboxylic acids is 1. The fraction of sp³-hybridized carbons (Fsp3) is 0.231. The highest BCUT2D eigenvalue weighted by molar-refractivity contribution is 5.89. The third-order valence-corrected chi connectivity index (χ3v) is 2.20. The Bertz CT molecular complexity index is 448. The first-order chi connectivity index (χ1) is 8.02. The Kier molecular flexibility index (Phi) is 4.46. The van der Waals surface area contributed by atoms with Crippen molar-refractivity contribution in [3.63, 3.8) is 0 Å². The van der Waals surface area contributed by atoms with Crippen molar-refractivity contribution >= 4 is 11.9 Å². The molecule has 1 aromatic carbocycles. The van der Waals surface area contributed by atoms with Crippen molar-refractivity contribution in [3.8, 4) is 0 Å². The molecule has 0 atom stereocenters. The zero-order valence-electron chi connectivity index (χ0n) is 9.60. The fourth-order valence-corrected chi connectivity index (χ4v) is 1.32. The minimum absolute atomic E-state index is 0.149. The van der Waals surface area contributed by atoms with E-state index in [1.54, 1.807) is 25.1 Å². The lowest BCUT2D eigenvalue weighted by Crippen LogP contribution is -2.10. The van der Waals surface area contributed by atoms with Crippen LogP contribution < -0.4 is 0 Å². The third kappa shape index (κ3) is 3.75. The number of carboxylic acid groups (broad SMARTS) is 1. The number of carbonyl (C=O) groups excluding carboxylic acids is 1. The number of ether oxygens (including phenoxy) is 1. The van der Waals surface area contributed by atoms with E-state index in [4.69, 9.17) is 9.84 Å². The number of carbonyl (C=O) groups is 2. The van der Waals surface area contributed by atoms with Crippen molar-refractivity contribution in [1.82, 2.24) is 0 Å². The maximum absolute atomic E-state index is 11.1. The zero-order valence-corrected chi connectivity index (χ0v) is 9.60. The van der Waals surface area contributed by atoms with Crippen molar-refractivity contribution in [2.24, 2.45) is 0 Å². The third-order valence-electron chi connectivity index (χ3n) is 2.20. The van der Waals surface area contributed by atoms with Crippen LogP contribution in [0.25, 0.3) is 0 Å². The second-order valence-corrected chi connectivity index (χ2v) is 3.63. The first-order valence-electron chi connectivity index (χ1n) is 5.16. The first kappa shape index (κ1) is 13.0. The van der Waals surface area contributed by atoms with Crippen molar-refractivity contribution in [1.29, 1.82) is 0 Å². The van der Waals surface area contributed by atoms with E-state index >= 15 is 0 Å². The van der Waals surface area contributed by atoms with Gasteiger partial charge in [-0.1, -0.05) is 24.8 Å². The summed E-state index contributed by atoms with van der Waals surface area (Å²) in [6, 6.07) is 6.64. The van der Waals surface area contributed by atoms with Crippen molar-refractivity contribution in [2.75, 3.05) is 6.61 Å². The molecule has 0 saturated carbocycles. The Balaban J connectivity index is 2.61. The summed E-state index contributed by atoms with van der Waals surface area (Å²) in [7, 11) is 0. The molecule has 1 rings (SSSR count). The van der Waals surface area contributed by atoms with Gasteiger partial charge in [-0.05, 0) is 18.6 Å². The Morgan fingerprint density at radius 2 is 2.00 bits per heavy atom. The lowest BCUT2D eigenvalue weighted by Gasteiger charge is -2.06. The molecule has 0 amide bonds. The molecule has 0 fully saturated rings. The Morgan fingerprint density at radius 3 is 2.59 bits per heavy atom. The van der Waals surface area contributed by atoms with Gasteiger partial charge in [-0.2, -0.15) is 0 Å². The fourth-order valence-electron chi connectivity index (χ4n) is 1.32. The van der Waals surface area contributed by atoms with E-state index in [1.807, 2.05) is 0 Å². The summed E-state index contributed by atoms with van der Waals surface area (Å²) < 4.78 is 4.91. The number of benzene rings is 1. The van der Waals surface area contributed by atoms with Gasteiger partial charge in [0.15, 0.2) is 0 Å². The number of esters is 1. The summed E-state index contributed by atoms with van der Waals surface area (Å²) in [6.07, 6.45) is 0.376. The number of hydrogen-bond donors (Lipinski definition) is 1. The predicted molar refractivity (Wildman–Crippen MR) is 62.9 cm³/mol. The lowest BCUT2D eigenvalue weighted by atomic mass is 10.1. The molecule has 90 valence electrons.